The second-order valence-corrected chi connectivity index (χ2v) is 27.2. The largest absolute Gasteiger partial charge is 0.462 e. The van der Waals surface area contributed by atoms with Crippen molar-refractivity contribution < 1.29 is 28.4 Å². The minimum Gasteiger partial charge on any atom is -0.462 e. The molecule has 10 atom stereocenters. The molecule has 0 aromatic rings. The Labute approximate surface area is 330 Å². The molecule has 3 unspecified atom stereocenters. The summed E-state index contributed by atoms with van der Waals surface area (Å²) in [6, 6.07) is 0. The third-order valence-corrected chi connectivity index (χ3v) is 21.8. The van der Waals surface area contributed by atoms with Crippen LogP contribution >= 0.6 is 0 Å². The van der Waals surface area contributed by atoms with Crippen LogP contribution in [0.5, 0.6) is 0 Å². The lowest BCUT2D eigenvalue weighted by molar-refractivity contribution is -0.249. The van der Waals surface area contributed by atoms with Crippen molar-refractivity contribution in [3.8, 4) is 0 Å². The van der Waals surface area contributed by atoms with Gasteiger partial charge in [-0.25, -0.2) is 5.48 Å². The molecule has 0 aromatic heterocycles. The fourth-order valence-corrected chi connectivity index (χ4v) is 14.1. The summed E-state index contributed by atoms with van der Waals surface area (Å²) in [6.45, 7) is 37.9. The predicted octanol–water partition coefficient (Wildman–Crippen LogP) is 11.1. The number of rotatable bonds is 11. The number of amides is 1. The van der Waals surface area contributed by atoms with Crippen LogP contribution in [0.4, 0.5) is 0 Å². The quantitative estimate of drug-likeness (QED) is 0.0974. The first-order chi connectivity index (χ1) is 24.7. The van der Waals surface area contributed by atoms with Crippen molar-refractivity contribution in [2.45, 2.75) is 177 Å². The molecule has 0 saturated heterocycles. The van der Waals surface area contributed by atoms with E-state index in [9.17, 15) is 14.4 Å². The van der Waals surface area contributed by atoms with Gasteiger partial charge < -0.3 is 14.0 Å². The van der Waals surface area contributed by atoms with Gasteiger partial charge in [-0.1, -0.05) is 94.0 Å². The summed E-state index contributed by atoms with van der Waals surface area (Å²) >= 11 is 0. The van der Waals surface area contributed by atoms with Gasteiger partial charge in [0.1, 0.15) is 12.7 Å². The molecular weight excluding hydrogens is 691 g/mol. The highest BCUT2D eigenvalue weighted by molar-refractivity contribution is 6.74. The molecule has 8 heteroatoms. The smallest absolute Gasteiger partial charge is 0.306 e. The van der Waals surface area contributed by atoms with Crippen molar-refractivity contribution in [2.75, 3.05) is 6.61 Å². The Balaban J connectivity index is 1.36. The van der Waals surface area contributed by atoms with Crippen LogP contribution in [0.2, 0.25) is 18.1 Å². The maximum Gasteiger partial charge on any atom is 0.306 e. The Morgan fingerprint density at radius 2 is 1.46 bits per heavy atom. The Bertz CT molecular complexity index is 1490. The maximum atomic E-state index is 14.6. The van der Waals surface area contributed by atoms with Crippen LogP contribution in [0.1, 0.15) is 153 Å². The standard InChI is InChI=1S/C46H77NO6Si/c1-16-27-51-36(48)28-41(7,8)29-37(49)52-35-21-22-43(11)33(42(35,9)10)20-23-45(13)34(43)18-17-32-38-31(30(2)3)19-24-46(38,26-25-44(32,45)12)39(50)47-53-54(14,15)40(4,5)6/h16,31-35,38H,1-2,17-29H2,3-15H3,(H,47,50)/t31-,32+,33?,34?,35-,38?,43-,44+,45+,46-/m0/s1. The summed E-state index contributed by atoms with van der Waals surface area (Å²) in [5.41, 5.74) is 3.62. The zero-order chi connectivity index (χ0) is 40.5. The van der Waals surface area contributed by atoms with Gasteiger partial charge in [-0.3, -0.25) is 14.4 Å². The molecule has 5 fully saturated rings. The zero-order valence-corrected chi connectivity index (χ0v) is 37.6. The lowest BCUT2D eigenvalue weighted by Gasteiger charge is -2.72. The Morgan fingerprint density at radius 1 is 0.815 bits per heavy atom. The molecule has 1 N–H and O–H groups in total. The highest BCUT2D eigenvalue weighted by atomic mass is 28.4. The lowest BCUT2D eigenvalue weighted by atomic mass is 9.32. The number of ether oxygens (including phenoxy) is 2. The van der Waals surface area contributed by atoms with Gasteiger partial charge in [-0.15, -0.1) is 0 Å². The molecule has 0 bridgehead atoms. The van der Waals surface area contributed by atoms with Crippen LogP contribution < -0.4 is 5.48 Å². The zero-order valence-electron chi connectivity index (χ0n) is 36.6. The van der Waals surface area contributed by atoms with Crippen LogP contribution in [0.3, 0.4) is 0 Å². The van der Waals surface area contributed by atoms with E-state index in [1.807, 2.05) is 13.8 Å². The highest BCUT2D eigenvalue weighted by Gasteiger charge is 2.72. The third kappa shape index (κ3) is 7.13. The van der Waals surface area contributed by atoms with Crippen molar-refractivity contribution in [3.05, 3.63) is 24.8 Å². The minimum atomic E-state index is -2.17. The fourth-order valence-electron chi connectivity index (χ4n) is 13.4. The second kappa shape index (κ2) is 14.5. The van der Waals surface area contributed by atoms with Crippen molar-refractivity contribution in [3.63, 3.8) is 0 Å². The average molecular weight is 768 g/mol. The molecular formula is C46H77NO6Si. The molecule has 54 heavy (non-hydrogen) atoms. The van der Waals surface area contributed by atoms with Gasteiger partial charge >= 0.3 is 11.9 Å². The molecule has 5 aliphatic rings. The monoisotopic (exact) mass is 768 g/mol. The van der Waals surface area contributed by atoms with Gasteiger partial charge in [0, 0.05) is 5.41 Å². The van der Waals surface area contributed by atoms with E-state index in [4.69, 9.17) is 14.0 Å². The van der Waals surface area contributed by atoms with E-state index in [1.165, 1.54) is 12.0 Å². The number of hydroxylamine groups is 1. The van der Waals surface area contributed by atoms with E-state index < -0.39 is 19.1 Å². The minimum absolute atomic E-state index is 0.00907. The van der Waals surface area contributed by atoms with E-state index in [-0.39, 0.29) is 76.0 Å². The number of hydrogen-bond donors (Lipinski definition) is 1. The van der Waals surface area contributed by atoms with Gasteiger partial charge in [0.2, 0.25) is 14.2 Å². The molecule has 0 aliphatic heterocycles. The normalized spacial score (nSPS) is 38.8. The lowest BCUT2D eigenvalue weighted by Crippen LogP contribution is -2.67. The summed E-state index contributed by atoms with van der Waals surface area (Å²) < 4.78 is 18.0. The fraction of sp³-hybridized carbons (Fsp3) is 0.848. The summed E-state index contributed by atoms with van der Waals surface area (Å²) in [5.74, 6) is 1.67. The molecule has 0 spiro atoms. The molecule has 0 radical (unpaired) electrons. The number of fused-ring (bicyclic) bond motifs is 7. The average Bonchev–Trinajstić information content (AvgIpc) is 3.45. The number of hydrogen-bond acceptors (Lipinski definition) is 6. The van der Waals surface area contributed by atoms with E-state index in [0.29, 0.717) is 23.7 Å². The van der Waals surface area contributed by atoms with Gasteiger partial charge in [0.05, 0.1) is 18.3 Å². The topological polar surface area (TPSA) is 90.9 Å². The number of allylic oxidation sites excluding steroid dienone is 1. The molecule has 5 aliphatic carbocycles. The Kier molecular flexibility index (Phi) is 11.6. The van der Waals surface area contributed by atoms with E-state index in [1.54, 1.807) is 6.08 Å². The van der Waals surface area contributed by atoms with Gasteiger partial charge in [0.15, 0.2) is 0 Å². The number of esters is 2. The summed E-state index contributed by atoms with van der Waals surface area (Å²) in [7, 11) is -2.17. The molecule has 5 rings (SSSR count). The van der Waals surface area contributed by atoms with Crippen LogP contribution in [-0.2, 0) is 28.4 Å². The van der Waals surface area contributed by atoms with Crippen molar-refractivity contribution in [1.29, 1.82) is 0 Å². The predicted molar refractivity (Wildman–Crippen MR) is 219 cm³/mol. The van der Waals surface area contributed by atoms with Crippen molar-refractivity contribution in [2.24, 2.45) is 62.1 Å². The number of carbonyl (C=O) groups is 3. The second-order valence-electron chi connectivity index (χ2n) is 22.5. The Morgan fingerprint density at radius 3 is 2.07 bits per heavy atom. The Hall–Kier alpha value is -1.93. The number of carbonyl (C=O) groups excluding carboxylic acids is 3. The summed E-state index contributed by atoms with van der Waals surface area (Å²) in [6.07, 6.45) is 12.2. The molecule has 1 amide bonds. The maximum absolute atomic E-state index is 14.6. The summed E-state index contributed by atoms with van der Waals surface area (Å²) in [5, 5.41) is 0.00907. The number of nitrogens with one attached hydrogen (secondary N) is 1. The van der Waals surface area contributed by atoms with Crippen LogP contribution in [0.25, 0.3) is 0 Å². The van der Waals surface area contributed by atoms with Crippen LogP contribution in [-0.4, -0.2) is 38.9 Å². The molecule has 0 heterocycles. The summed E-state index contributed by atoms with van der Waals surface area (Å²) in [4.78, 5) is 40.4. The van der Waals surface area contributed by atoms with Crippen LogP contribution in [0.15, 0.2) is 24.8 Å². The van der Waals surface area contributed by atoms with E-state index in [2.05, 4.69) is 94.0 Å². The van der Waals surface area contributed by atoms with Gasteiger partial charge in [-0.2, -0.15) is 0 Å². The molecule has 5 saturated carbocycles. The van der Waals surface area contributed by atoms with Crippen molar-refractivity contribution in [1.82, 2.24) is 5.48 Å². The van der Waals surface area contributed by atoms with Crippen LogP contribution in [0, 0.1) is 62.1 Å². The first-order valence-electron chi connectivity index (χ1n) is 21.3. The molecule has 306 valence electrons. The van der Waals surface area contributed by atoms with E-state index in [0.717, 1.165) is 57.8 Å². The van der Waals surface area contributed by atoms with Crippen molar-refractivity contribution >= 4 is 26.2 Å². The SMILES string of the molecule is C=CCOC(=O)CC(C)(C)CC(=O)O[C@H]1CC[C@@]2(C)C(CC[C@]3(C)C2CC[C@@H]2C4[C@H](C(=C)C)CC[C@]4(C(=O)NO[Si](C)(C)C(C)(C)C)CC[C@]23C)C1(C)C. The van der Waals surface area contributed by atoms with E-state index >= 15 is 0 Å². The first-order valence-corrected chi connectivity index (χ1v) is 24.2. The molecule has 7 nitrogen and oxygen atoms in total. The van der Waals surface area contributed by atoms with Gasteiger partial charge in [-0.05, 0) is 141 Å². The molecule has 0 aromatic carbocycles. The third-order valence-electron chi connectivity index (χ3n) is 17.5. The van der Waals surface area contributed by atoms with Gasteiger partial charge in [0.25, 0.3) is 0 Å². The highest BCUT2D eigenvalue weighted by Crippen LogP contribution is 2.77. The first kappa shape index (κ1) is 43.2.